The molecule has 0 radical (unpaired) electrons. The lowest BCUT2D eigenvalue weighted by molar-refractivity contribution is -0.140. The Bertz CT molecular complexity index is 968. The van der Waals surface area contributed by atoms with Crippen LogP contribution in [-0.4, -0.2) is 25.6 Å². The molecule has 5 nitrogen and oxygen atoms in total. The number of alkyl halides is 3. The number of carbonyl (C=O) groups excluding carboxylic acids is 1. The van der Waals surface area contributed by atoms with Gasteiger partial charge in [0, 0.05) is 17.8 Å². The molecule has 1 saturated carbocycles. The number of nitrogens with zero attached hydrogens (tertiary/aromatic N) is 1. The van der Waals surface area contributed by atoms with Crippen LogP contribution in [0.2, 0.25) is 0 Å². The number of amides is 1. The summed E-state index contributed by atoms with van der Waals surface area (Å²) in [4.78, 5) is 16.1. The lowest BCUT2D eigenvalue weighted by atomic mass is 9.86. The third-order valence-corrected chi connectivity index (χ3v) is 6.98. The van der Waals surface area contributed by atoms with Gasteiger partial charge < -0.3 is 5.32 Å². The van der Waals surface area contributed by atoms with Gasteiger partial charge >= 0.3 is 6.18 Å². The number of benzene rings is 1. The second-order valence-electron chi connectivity index (χ2n) is 7.29. The Balaban J connectivity index is 0.00000320. The highest BCUT2D eigenvalue weighted by Gasteiger charge is 2.38. The Morgan fingerprint density at radius 3 is 2.50 bits per heavy atom. The second-order valence-corrected chi connectivity index (χ2v) is 10.2. The number of carbonyl (C=O) groups is 1. The molecule has 0 spiro atoms. The Morgan fingerprint density at radius 2 is 1.97 bits per heavy atom. The van der Waals surface area contributed by atoms with Gasteiger partial charge in [-0.05, 0) is 30.0 Å². The van der Waals surface area contributed by atoms with Crippen LogP contribution < -0.4 is 5.32 Å². The molecule has 166 valence electrons. The van der Waals surface area contributed by atoms with Crippen LogP contribution in [0.3, 0.4) is 0 Å². The van der Waals surface area contributed by atoms with Crippen molar-refractivity contribution < 1.29 is 26.4 Å². The van der Waals surface area contributed by atoms with Crippen molar-refractivity contribution in [3.05, 3.63) is 40.9 Å². The number of anilines is 1. The van der Waals surface area contributed by atoms with Crippen molar-refractivity contribution in [2.45, 2.75) is 56.5 Å². The van der Waals surface area contributed by atoms with E-state index in [-0.39, 0.29) is 18.9 Å². The predicted octanol–water partition coefficient (Wildman–Crippen LogP) is 5.50. The van der Waals surface area contributed by atoms with Gasteiger partial charge in [0.15, 0.2) is 15.0 Å². The molecule has 3 rings (SSSR count). The van der Waals surface area contributed by atoms with Crippen molar-refractivity contribution >= 4 is 32.2 Å². The third-order valence-electron chi connectivity index (χ3n) is 5.13. The summed E-state index contributed by atoms with van der Waals surface area (Å²) < 4.78 is 64.3. The molecule has 0 saturated heterocycles. The highest BCUT2D eigenvalue weighted by molar-refractivity contribution is 7.90. The first-order valence-corrected chi connectivity index (χ1v) is 11.9. The molecule has 30 heavy (non-hydrogen) atoms. The SMILES string of the molecule is C.CS(=O)(=O)c1ccc(C(CC2CCCC2)C(=O)Nc2nccs2)cc1C(F)(F)F. The van der Waals surface area contributed by atoms with Crippen LogP contribution >= 0.6 is 11.3 Å². The molecule has 1 aromatic heterocycles. The Morgan fingerprint density at radius 1 is 1.30 bits per heavy atom. The first kappa shape index (κ1) is 24.3. The van der Waals surface area contributed by atoms with Crippen molar-refractivity contribution in [2.75, 3.05) is 11.6 Å². The van der Waals surface area contributed by atoms with Crippen LogP contribution in [0.4, 0.5) is 18.3 Å². The van der Waals surface area contributed by atoms with Crippen LogP contribution in [0, 0.1) is 5.92 Å². The summed E-state index contributed by atoms with van der Waals surface area (Å²) in [7, 11) is -4.07. The number of hydrogen-bond donors (Lipinski definition) is 1. The van der Waals surface area contributed by atoms with Gasteiger partial charge in [-0.1, -0.05) is 39.2 Å². The van der Waals surface area contributed by atoms with Gasteiger partial charge in [-0.25, -0.2) is 13.4 Å². The molecule has 1 atom stereocenters. The second kappa shape index (κ2) is 9.47. The zero-order chi connectivity index (χ0) is 21.2. The number of halogens is 3. The van der Waals surface area contributed by atoms with E-state index in [4.69, 9.17) is 0 Å². The number of rotatable bonds is 6. The fraction of sp³-hybridized carbons (Fsp3) is 0.500. The minimum Gasteiger partial charge on any atom is -0.301 e. The molecule has 1 aliphatic carbocycles. The number of thiazole rings is 1. The number of hydrogen-bond acceptors (Lipinski definition) is 5. The fourth-order valence-electron chi connectivity index (χ4n) is 3.76. The average Bonchev–Trinajstić information content (AvgIpc) is 3.31. The van der Waals surface area contributed by atoms with E-state index >= 15 is 0 Å². The van der Waals surface area contributed by atoms with Gasteiger partial charge in [0.05, 0.1) is 16.4 Å². The van der Waals surface area contributed by atoms with E-state index in [9.17, 15) is 26.4 Å². The largest absolute Gasteiger partial charge is 0.417 e. The molecule has 1 aliphatic rings. The summed E-state index contributed by atoms with van der Waals surface area (Å²) in [5.41, 5.74) is -1.08. The average molecular weight is 463 g/mol. The molecule has 1 N–H and O–H groups in total. The normalized spacial score (nSPS) is 16.1. The van der Waals surface area contributed by atoms with Crippen LogP contribution in [0.15, 0.2) is 34.7 Å². The maximum absolute atomic E-state index is 13.6. The zero-order valence-electron chi connectivity index (χ0n) is 15.7. The zero-order valence-corrected chi connectivity index (χ0v) is 17.3. The van der Waals surface area contributed by atoms with Crippen molar-refractivity contribution in [1.29, 1.82) is 0 Å². The Kier molecular flexibility index (Phi) is 7.68. The van der Waals surface area contributed by atoms with E-state index in [1.807, 2.05) is 0 Å². The molecule has 0 aliphatic heterocycles. The highest BCUT2D eigenvalue weighted by Crippen LogP contribution is 2.39. The van der Waals surface area contributed by atoms with Gasteiger partial charge in [0.1, 0.15) is 0 Å². The molecule has 1 aromatic carbocycles. The minimum absolute atomic E-state index is 0. The quantitative estimate of drug-likeness (QED) is 0.615. The van der Waals surface area contributed by atoms with Crippen LogP contribution in [0.1, 0.15) is 56.6 Å². The molecular weight excluding hydrogens is 437 g/mol. The summed E-state index contributed by atoms with van der Waals surface area (Å²) in [6, 6.07) is 3.07. The van der Waals surface area contributed by atoms with Crippen molar-refractivity contribution in [1.82, 2.24) is 4.98 Å². The minimum atomic E-state index is -4.85. The highest BCUT2D eigenvalue weighted by atomic mass is 32.2. The summed E-state index contributed by atoms with van der Waals surface area (Å²) in [5.74, 6) is -1.02. The lowest BCUT2D eigenvalue weighted by Crippen LogP contribution is -2.24. The summed E-state index contributed by atoms with van der Waals surface area (Å²) >= 11 is 1.22. The monoisotopic (exact) mass is 462 g/mol. The Labute approximate surface area is 178 Å². The fourth-order valence-corrected chi connectivity index (χ4v) is 5.18. The molecule has 0 bridgehead atoms. The molecule has 1 fully saturated rings. The summed E-state index contributed by atoms with van der Waals surface area (Å²) in [5, 5.41) is 4.72. The lowest BCUT2D eigenvalue weighted by Gasteiger charge is -2.22. The summed E-state index contributed by atoms with van der Waals surface area (Å²) in [6.45, 7) is 0. The predicted molar refractivity (Wildman–Crippen MR) is 111 cm³/mol. The van der Waals surface area contributed by atoms with Crippen LogP contribution in [0.5, 0.6) is 0 Å². The van der Waals surface area contributed by atoms with Crippen molar-refractivity contribution in [3.63, 3.8) is 0 Å². The van der Waals surface area contributed by atoms with Gasteiger partial charge in [-0.15, -0.1) is 11.3 Å². The molecule has 1 unspecified atom stereocenters. The molecule has 2 aromatic rings. The van der Waals surface area contributed by atoms with E-state index in [1.165, 1.54) is 23.6 Å². The maximum Gasteiger partial charge on any atom is 0.417 e. The molecule has 1 heterocycles. The van der Waals surface area contributed by atoms with Gasteiger partial charge in [-0.3, -0.25) is 4.79 Å². The van der Waals surface area contributed by atoms with E-state index in [2.05, 4.69) is 10.3 Å². The van der Waals surface area contributed by atoms with Crippen LogP contribution in [-0.2, 0) is 20.8 Å². The number of nitrogens with one attached hydrogen (secondary N) is 1. The van der Waals surface area contributed by atoms with Crippen molar-refractivity contribution in [2.24, 2.45) is 5.92 Å². The van der Waals surface area contributed by atoms with E-state index in [1.54, 1.807) is 5.38 Å². The van der Waals surface area contributed by atoms with Gasteiger partial charge in [0.2, 0.25) is 5.91 Å². The third kappa shape index (κ3) is 5.81. The number of aromatic nitrogens is 1. The topological polar surface area (TPSA) is 76.1 Å². The van der Waals surface area contributed by atoms with Gasteiger partial charge in [-0.2, -0.15) is 13.2 Å². The van der Waals surface area contributed by atoms with E-state index < -0.39 is 38.3 Å². The van der Waals surface area contributed by atoms with Gasteiger partial charge in [0.25, 0.3) is 0 Å². The first-order valence-electron chi connectivity index (χ1n) is 9.17. The maximum atomic E-state index is 13.6. The Hall–Kier alpha value is -1.94. The van der Waals surface area contributed by atoms with Crippen LogP contribution in [0.25, 0.3) is 0 Å². The smallest absolute Gasteiger partial charge is 0.301 e. The van der Waals surface area contributed by atoms with E-state index in [0.29, 0.717) is 11.6 Å². The molecular formula is C20H25F3N2O3S2. The van der Waals surface area contributed by atoms with E-state index in [0.717, 1.165) is 44.1 Å². The molecule has 1 amide bonds. The van der Waals surface area contributed by atoms with Crippen molar-refractivity contribution in [3.8, 4) is 0 Å². The number of sulfone groups is 1. The molecule has 10 heteroatoms. The summed E-state index contributed by atoms with van der Waals surface area (Å²) in [6.07, 6.45) is 1.74. The standard InChI is InChI=1S/C19H21F3N2O3S2.CH4/c1-29(26,27)16-7-6-13(11-15(16)19(20,21)22)14(10-12-4-2-3-5-12)17(25)24-18-23-8-9-28-18;/h6-9,11-12,14H,2-5,10H2,1H3,(H,23,24,25);1H4. The first-order chi connectivity index (χ1) is 13.6.